The number of aliphatic hydroxyl groups is 1. The van der Waals surface area contributed by atoms with Crippen LogP contribution < -0.4 is 19.7 Å². The topological polar surface area (TPSA) is 81.7 Å². The van der Waals surface area contributed by atoms with E-state index in [1.807, 2.05) is 42.5 Å². The minimum atomic E-state index is -0.543. The van der Waals surface area contributed by atoms with E-state index >= 15 is 0 Å². The Morgan fingerprint density at radius 3 is 2.67 bits per heavy atom. The molecule has 0 aliphatic carbocycles. The molecular formula is C34H44N2O6. The number of benzene rings is 3. The summed E-state index contributed by atoms with van der Waals surface area (Å²) in [6, 6.07) is 22.5. The van der Waals surface area contributed by atoms with Gasteiger partial charge in [-0.05, 0) is 59.9 Å². The van der Waals surface area contributed by atoms with Gasteiger partial charge in [0.25, 0.3) is 0 Å². The molecule has 226 valence electrons. The fraction of sp³-hybridized carbons (Fsp3) is 0.471. The summed E-state index contributed by atoms with van der Waals surface area (Å²) in [5.74, 6) is 1.56. The van der Waals surface area contributed by atoms with Gasteiger partial charge in [-0.25, -0.2) is 0 Å². The van der Waals surface area contributed by atoms with Gasteiger partial charge in [-0.2, -0.15) is 0 Å². The van der Waals surface area contributed by atoms with Crippen molar-refractivity contribution in [3.63, 3.8) is 0 Å². The molecule has 42 heavy (non-hydrogen) atoms. The van der Waals surface area contributed by atoms with Crippen LogP contribution >= 0.6 is 0 Å². The monoisotopic (exact) mass is 576 g/mol. The lowest BCUT2D eigenvalue weighted by molar-refractivity contribution is -0.0328. The first kappa shape index (κ1) is 30.3. The van der Waals surface area contributed by atoms with Gasteiger partial charge in [-0.3, -0.25) is 0 Å². The third kappa shape index (κ3) is 8.02. The number of hydrogen-bond donors (Lipinski definition) is 2. The molecule has 3 aromatic rings. The van der Waals surface area contributed by atoms with Crippen molar-refractivity contribution < 1.29 is 28.8 Å². The molecule has 0 aromatic heterocycles. The predicted octanol–water partition coefficient (Wildman–Crippen LogP) is 4.46. The highest BCUT2D eigenvalue weighted by Gasteiger charge is 2.34. The van der Waals surface area contributed by atoms with Crippen molar-refractivity contribution in [2.45, 2.75) is 44.7 Å². The van der Waals surface area contributed by atoms with Gasteiger partial charge in [-0.1, -0.05) is 42.5 Å². The van der Waals surface area contributed by atoms with E-state index in [2.05, 4.69) is 41.4 Å². The van der Waals surface area contributed by atoms with Crippen LogP contribution in [0, 0.1) is 6.92 Å². The maximum Gasteiger partial charge on any atom is 0.142 e. The third-order valence-corrected chi connectivity index (χ3v) is 8.02. The molecule has 0 amide bonds. The summed E-state index contributed by atoms with van der Waals surface area (Å²) in [6.45, 7) is 8.54. The van der Waals surface area contributed by atoms with Gasteiger partial charge in [0.15, 0.2) is 0 Å². The maximum atomic E-state index is 10.9. The SMILES string of the molecule is COCCCN1CCOc2ccc(COC3CNC[C@@H](O)C3c3ccc(OCCOCc4ccccc4C)cc3)cc21. The van der Waals surface area contributed by atoms with Crippen LogP contribution in [0.15, 0.2) is 66.7 Å². The molecule has 0 radical (unpaired) electrons. The molecule has 0 bridgehead atoms. The van der Waals surface area contributed by atoms with Gasteiger partial charge < -0.3 is 39.0 Å². The van der Waals surface area contributed by atoms with E-state index in [1.54, 1.807) is 7.11 Å². The normalized spacial score (nSPS) is 20.2. The molecular weight excluding hydrogens is 532 g/mol. The number of nitrogens with zero attached hydrogens (tertiary/aromatic N) is 1. The average Bonchev–Trinajstić information content (AvgIpc) is 3.01. The quantitative estimate of drug-likeness (QED) is 0.273. The summed E-state index contributed by atoms with van der Waals surface area (Å²) in [6.07, 6.45) is 0.259. The Balaban J connectivity index is 1.14. The van der Waals surface area contributed by atoms with E-state index < -0.39 is 6.10 Å². The largest absolute Gasteiger partial charge is 0.491 e. The third-order valence-electron chi connectivity index (χ3n) is 8.02. The lowest BCUT2D eigenvalue weighted by atomic mass is 9.85. The molecule has 8 heteroatoms. The average molecular weight is 577 g/mol. The van der Waals surface area contributed by atoms with E-state index in [0.29, 0.717) is 46.1 Å². The van der Waals surface area contributed by atoms with Gasteiger partial charge >= 0.3 is 0 Å². The lowest BCUT2D eigenvalue weighted by Crippen LogP contribution is -2.49. The Hall–Kier alpha value is -3.14. The molecule has 5 rings (SSSR count). The number of piperidine rings is 1. The molecule has 3 atom stereocenters. The first-order chi connectivity index (χ1) is 20.6. The highest BCUT2D eigenvalue weighted by molar-refractivity contribution is 5.61. The zero-order valence-corrected chi connectivity index (χ0v) is 24.8. The molecule has 3 aromatic carbocycles. The Morgan fingerprint density at radius 2 is 1.83 bits per heavy atom. The molecule has 0 spiro atoms. The van der Waals surface area contributed by atoms with Crippen molar-refractivity contribution in [1.82, 2.24) is 5.32 Å². The number of methoxy groups -OCH3 is 1. The number of nitrogens with one attached hydrogen (secondary N) is 1. The van der Waals surface area contributed by atoms with Gasteiger partial charge in [0.2, 0.25) is 0 Å². The second kappa shape index (κ2) is 15.4. The van der Waals surface area contributed by atoms with E-state index in [9.17, 15) is 5.11 Å². The van der Waals surface area contributed by atoms with Crippen LogP contribution in [0.5, 0.6) is 11.5 Å². The Bertz CT molecular complexity index is 1250. The van der Waals surface area contributed by atoms with Crippen LogP contribution in [-0.4, -0.2) is 77.0 Å². The minimum Gasteiger partial charge on any atom is -0.491 e. The molecule has 2 heterocycles. The van der Waals surface area contributed by atoms with Crippen molar-refractivity contribution in [2.75, 3.05) is 64.6 Å². The van der Waals surface area contributed by atoms with E-state index in [1.165, 1.54) is 11.1 Å². The lowest BCUT2D eigenvalue weighted by Gasteiger charge is -2.36. The van der Waals surface area contributed by atoms with Crippen molar-refractivity contribution >= 4 is 5.69 Å². The van der Waals surface area contributed by atoms with E-state index in [-0.39, 0.29) is 12.0 Å². The minimum absolute atomic E-state index is 0.135. The Labute approximate surface area is 249 Å². The van der Waals surface area contributed by atoms with Gasteiger partial charge in [0, 0.05) is 39.3 Å². The zero-order valence-electron chi connectivity index (χ0n) is 24.8. The van der Waals surface area contributed by atoms with Crippen LogP contribution in [0.3, 0.4) is 0 Å². The second-order valence-corrected chi connectivity index (χ2v) is 11.0. The van der Waals surface area contributed by atoms with Crippen LogP contribution in [0.25, 0.3) is 0 Å². The van der Waals surface area contributed by atoms with Crippen molar-refractivity contribution in [2.24, 2.45) is 0 Å². The molecule has 8 nitrogen and oxygen atoms in total. The fourth-order valence-electron chi connectivity index (χ4n) is 5.68. The molecule has 2 aliphatic heterocycles. The number of aliphatic hydroxyl groups excluding tert-OH is 1. The van der Waals surface area contributed by atoms with Gasteiger partial charge in [0.05, 0.1) is 44.3 Å². The number of hydrogen-bond acceptors (Lipinski definition) is 8. The van der Waals surface area contributed by atoms with Crippen molar-refractivity contribution in [3.05, 3.63) is 89.0 Å². The fourth-order valence-corrected chi connectivity index (χ4v) is 5.68. The first-order valence-corrected chi connectivity index (χ1v) is 15.0. The van der Waals surface area contributed by atoms with Crippen LogP contribution in [0.2, 0.25) is 0 Å². The second-order valence-electron chi connectivity index (χ2n) is 11.0. The van der Waals surface area contributed by atoms with Crippen LogP contribution in [0.1, 0.15) is 34.6 Å². The van der Waals surface area contributed by atoms with Crippen LogP contribution in [-0.2, 0) is 27.4 Å². The number of aryl methyl sites for hydroxylation is 1. The zero-order chi connectivity index (χ0) is 29.1. The predicted molar refractivity (Wildman–Crippen MR) is 164 cm³/mol. The summed E-state index contributed by atoms with van der Waals surface area (Å²) in [5, 5.41) is 14.3. The molecule has 1 saturated heterocycles. The number of ether oxygens (including phenoxy) is 5. The van der Waals surface area contributed by atoms with Gasteiger partial charge in [-0.15, -0.1) is 0 Å². The number of anilines is 1. The van der Waals surface area contributed by atoms with E-state index in [0.717, 1.165) is 54.4 Å². The molecule has 0 saturated carbocycles. The number of fused-ring (bicyclic) bond motifs is 1. The number of β-amino-alcohol motifs (C(OH)–C–C–N with tert-alkyl or cyclic N) is 1. The summed E-state index contributed by atoms with van der Waals surface area (Å²) < 4.78 is 29.3. The number of rotatable bonds is 14. The van der Waals surface area contributed by atoms with Crippen molar-refractivity contribution in [3.8, 4) is 11.5 Å². The van der Waals surface area contributed by atoms with Gasteiger partial charge in [0.1, 0.15) is 24.7 Å². The maximum absolute atomic E-state index is 10.9. The Kier molecular flexibility index (Phi) is 11.1. The molecule has 2 N–H and O–H groups in total. The van der Waals surface area contributed by atoms with E-state index in [4.69, 9.17) is 23.7 Å². The highest BCUT2D eigenvalue weighted by Crippen LogP contribution is 2.34. The van der Waals surface area contributed by atoms with Crippen molar-refractivity contribution in [1.29, 1.82) is 0 Å². The Morgan fingerprint density at radius 1 is 0.976 bits per heavy atom. The smallest absolute Gasteiger partial charge is 0.142 e. The summed E-state index contributed by atoms with van der Waals surface area (Å²) >= 11 is 0. The summed E-state index contributed by atoms with van der Waals surface area (Å²) in [5.41, 5.74) is 5.66. The molecule has 2 aliphatic rings. The summed E-state index contributed by atoms with van der Waals surface area (Å²) in [7, 11) is 1.74. The van der Waals surface area contributed by atoms with Crippen LogP contribution in [0.4, 0.5) is 5.69 Å². The first-order valence-electron chi connectivity index (χ1n) is 15.0. The summed E-state index contributed by atoms with van der Waals surface area (Å²) in [4.78, 5) is 2.36. The highest BCUT2D eigenvalue weighted by atomic mass is 16.5. The standard InChI is InChI=1S/C34H44N2O6/c1-25-6-3-4-7-28(25)24-39-18-19-40-29-11-9-27(10-12-29)34-31(37)21-35-22-33(34)42-23-26-8-13-32-30(20-26)36(15-17-41-32)14-5-16-38-2/h3-4,6-13,20,31,33-35,37H,5,14-19,21-24H2,1-2H3/t31-,33?,34?/m1/s1. The molecule has 1 fully saturated rings. The molecule has 2 unspecified atom stereocenters.